The number of fused-ring (bicyclic) bond motifs is 3. The van der Waals surface area contributed by atoms with Crippen LogP contribution in [0.1, 0.15) is 21.9 Å². The molecule has 2 aliphatic rings. The molecule has 0 spiro atoms. The van der Waals surface area contributed by atoms with Crippen LogP contribution in [-0.4, -0.2) is 34.6 Å². The molecule has 220 valence electrons. The minimum Gasteiger partial charge on any atom is -0.497 e. The second kappa shape index (κ2) is 11.1. The zero-order valence-corrected chi connectivity index (χ0v) is 25.5. The summed E-state index contributed by atoms with van der Waals surface area (Å²) >= 11 is 2.23. The van der Waals surface area contributed by atoms with Crippen LogP contribution in [0.15, 0.2) is 101 Å². The number of nitrogens with zero attached hydrogens (tertiary/aromatic N) is 2. The summed E-state index contributed by atoms with van der Waals surface area (Å²) in [4.78, 5) is 56.5. The van der Waals surface area contributed by atoms with Crippen LogP contribution >= 0.6 is 23.1 Å². The lowest BCUT2D eigenvalue weighted by atomic mass is 9.83. The number of ether oxygens (including phenoxy) is 1. The summed E-state index contributed by atoms with van der Waals surface area (Å²) < 4.78 is 6.78. The largest absolute Gasteiger partial charge is 0.497 e. The van der Waals surface area contributed by atoms with E-state index in [1.54, 1.807) is 19.2 Å². The van der Waals surface area contributed by atoms with Gasteiger partial charge in [0.05, 0.1) is 23.7 Å². The number of nitrogens with one attached hydrogen (secondary N) is 1. The molecule has 0 radical (unpaired) electrons. The van der Waals surface area contributed by atoms with Gasteiger partial charge in [0.1, 0.15) is 17.5 Å². The standard InChI is InChI=1S/C34H27N3O5S2/c1-19-10-14-22(15-11-19)37-31(39)28-27(21-12-16-23(42-2)17-13-21)30-33(43-29(28)32(37)40)36(34(41)44-30)18-26(38)35-25-9-5-7-20-6-3-4-8-24(20)25/h3-17,27-29H,18H2,1-2H3,(H,35,38). The number of carbonyl (C=O) groups excluding carboxylic acids is 3. The van der Waals surface area contributed by atoms with Gasteiger partial charge in [-0.2, -0.15) is 0 Å². The van der Waals surface area contributed by atoms with Crippen molar-refractivity contribution in [3.63, 3.8) is 0 Å². The average Bonchev–Trinajstić information content (AvgIpc) is 3.48. The molecule has 3 amide bonds. The molecule has 3 atom stereocenters. The van der Waals surface area contributed by atoms with Crippen LogP contribution in [0.2, 0.25) is 0 Å². The van der Waals surface area contributed by atoms with E-state index in [-0.39, 0.29) is 29.1 Å². The van der Waals surface area contributed by atoms with Crippen molar-refractivity contribution in [2.75, 3.05) is 17.3 Å². The molecule has 4 aromatic carbocycles. The molecule has 1 fully saturated rings. The molecule has 1 saturated heterocycles. The van der Waals surface area contributed by atoms with E-state index in [1.807, 2.05) is 85.8 Å². The highest BCUT2D eigenvalue weighted by Gasteiger charge is 2.56. The Morgan fingerprint density at radius 1 is 0.886 bits per heavy atom. The minimum absolute atomic E-state index is 0.225. The molecule has 5 aromatic rings. The number of aryl methyl sites for hydroxylation is 1. The summed E-state index contributed by atoms with van der Waals surface area (Å²) in [5.41, 5.74) is 2.98. The number of thioether (sulfide) groups is 1. The molecule has 0 aliphatic carbocycles. The molecular formula is C34H27N3O5S2. The van der Waals surface area contributed by atoms with Gasteiger partial charge in [0.15, 0.2) is 0 Å². The van der Waals surface area contributed by atoms with Crippen LogP contribution in [0.3, 0.4) is 0 Å². The van der Waals surface area contributed by atoms with E-state index in [4.69, 9.17) is 4.74 Å². The number of anilines is 2. The average molecular weight is 622 g/mol. The summed E-state index contributed by atoms with van der Waals surface area (Å²) in [7, 11) is 1.58. The monoisotopic (exact) mass is 621 g/mol. The summed E-state index contributed by atoms with van der Waals surface area (Å²) in [6.45, 7) is 1.72. The number of carbonyl (C=O) groups is 3. The third-order valence-corrected chi connectivity index (χ3v) is 10.8. The smallest absolute Gasteiger partial charge is 0.308 e. The molecule has 0 bridgehead atoms. The maximum atomic E-state index is 14.1. The fourth-order valence-corrected chi connectivity index (χ4v) is 8.81. The molecule has 1 aromatic heterocycles. The predicted octanol–water partition coefficient (Wildman–Crippen LogP) is 5.81. The maximum Gasteiger partial charge on any atom is 0.308 e. The first kappa shape index (κ1) is 28.1. The lowest BCUT2D eigenvalue weighted by Crippen LogP contribution is -2.33. The Morgan fingerprint density at radius 3 is 2.36 bits per heavy atom. The molecule has 10 heteroatoms. The topological polar surface area (TPSA) is 97.7 Å². The van der Waals surface area contributed by atoms with E-state index in [0.29, 0.717) is 27.0 Å². The highest BCUT2D eigenvalue weighted by atomic mass is 32.2. The van der Waals surface area contributed by atoms with Crippen LogP contribution in [0.4, 0.5) is 11.4 Å². The van der Waals surface area contributed by atoms with Crippen molar-refractivity contribution in [3.8, 4) is 5.75 Å². The fraction of sp³-hybridized carbons (Fsp3) is 0.176. The normalized spacial score (nSPS) is 19.1. The predicted molar refractivity (Wildman–Crippen MR) is 173 cm³/mol. The third-order valence-electron chi connectivity index (χ3n) is 8.18. The molecule has 44 heavy (non-hydrogen) atoms. The highest BCUT2D eigenvalue weighted by molar-refractivity contribution is 8.00. The molecule has 3 heterocycles. The zero-order valence-electron chi connectivity index (χ0n) is 23.9. The number of amides is 3. The zero-order chi connectivity index (χ0) is 30.5. The molecule has 2 aliphatic heterocycles. The van der Waals surface area contributed by atoms with Crippen LogP contribution in [0.25, 0.3) is 10.8 Å². The summed E-state index contributed by atoms with van der Waals surface area (Å²) in [6, 6.07) is 28.1. The first-order valence-corrected chi connectivity index (χ1v) is 15.8. The van der Waals surface area contributed by atoms with E-state index in [9.17, 15) is 19.2 Å². The van der Waals surface area contributed by atoms with Gasteiger partial charge < -0.3 is 10.1 Å². The van der Waals surface area contributed by atoms with Crippen molar-refractivity contribution in [2.24, 2.45) is 5.92 Å². The van der Waals surface area contributed by atoms with Crippen molar-refractivity contribution in [3.05, 3.63) is 117 Å². The summed E-state index contributed by atoms with van der Waals surface area (Å²) in [5.74, 6) is -1.60. The number of hydrogen-bond acceptors (Lipinski definition) is 7. The minimum atomic E-state index is -0.759. The molecule has 1 N–H and O–H groups in total. The molecular weight excluding hydrogens is 595 g/mol. The van der Waals surface area contributed by atoms with Crippen LogP contribution in [0, 0.1) is 12.8 Å². The van der Waals surface area contributed by atoms with Crippen molar-refractivity contribution in [1.82, 2.24) is 4.57 Å². The number of methoxy groups -OCH3 is 1. The Labute approximate surface area is 261 Å². The van der Waals surface area contributed by atoms with Crippen molar-refractivity contribution < 1.29 is 19.1 Å². The van der Waals surface area contributed by atoms with Crippen molar-refractivity contribution in [2.45, 2.75) is 29.7 Å². The Bertz CT molecular complexity index is 1990. The van der Waals surface area contributed by atoms with E-state index in [1.165, 1.54) is 21.2 Å². The summed E-state index contributed by atoms with van der Waals surface area (Å²) in [5, 5.41) is 4.63. The Hall–Kier alpha value is -4.67. The third kappa shape index (κ3) is 4.71. The van der Waals surface area contributed by atoms with E-state index < -0.39 is 17.1 Å². The maximum absolute atomic E-state index is 14.1. The van der Waals surface area contributed by atoms with E-state index >= 15 is 0 Å². The SMILES string of the molecule is COc1ccc(C2c3sc(=O)n(CC(=O)Nc4cccc5ccccc45)c3SC3C(=O)N(c4ccc(C)cc4)C(=O)C32)cc1. The van der Waals surface area contributed by atoms with Crippen LogP contribution in [0.5, 0.6) is 5.75 Å². The lowest BCUT2D eigenvalue weighted by molar-refractivity contribution is -0.122. The number of thiazole rings is 1. The summed E-state index contributed by atoms with van der Waals surface area (Å²) in [6.07, 6.45) is 0. The van der Waals surface area contributed by atoms with Gasteiger partial charge in [-0.05, 0) is 48.2 Å². The van der Waals surface area contributed by atoms with Crippen molar-refractivity contribution >= 4 is 63.0 Å². The van der Waals surface area contributed by atoms with Gasteiger partial charge in [-0.15, -0.1) is 0 Å². The van der Waals surface area contributed by atoms with Gasteiger partial charge in [-0.25, -0.2) is 4.90 Å². The molecule has 3 unspecified atom stereocenters. The van der Waals surface area contributed by atoms with Gasteiger partial charge in [-0.3, -0.25) is 23.7 Å². The number of rotatable bonds is 6. The quantitative estimate of drug-likeness (QED) is 0.240. The molecule has 7 rings (SSSR count). The van der Waals surface area contributed by atoms with Gasteiger partial charge in [0.2, 0.25) is 17.7 Å². The van der Waals surface area contributed by atoms with Gasteiger partial charge in [0, 0.05) is 21.9 Å². The van der Waals surface area contributed by atoms with Gasteiger partial charge in [-0.1, -0.05) is 89.3 Å². The Kier molecular flexibility index (Phi) is 7.10. The molecule has 8 nitrogen and oxygen atoms in total. The highest BCUT2D eigenvalue weighted by Crippen LogP contribution is 2.54. The van der Waals surface area contributed by atoms with Gasteiger partial charge in [0.25, 0.3) is 0 Å². The first-order chi connectivity index (χ1) is 21.3. The lowest BCUT2D eigenvalue weighted by Gasteiger charge is -2.30. The van der Waals surface area contributed by atoms with Gasteiger partial charge >= 0.3 is 4.87 Å². The van der Waals surface area contributed by atoms with Crippen LogP contribution in [-0.2, 0) is 20.9 Å². The second-order valence-corrected chi connectivity index (χ2v) is 13.0. The number of hydrogen-bond donors (Lipinski definition) is 1. The number of imide groups is 1. The Balaban J connectivity index is 1.28. The van der Waals surface area contributed by atoms with E-state index in [2.05, 4.69) is 5.32 Å². The molecule has 0 saturated carbocycles. The first-order valence-electron chi connectivity index (χ1n) is 14.1. The number of benzene rings is 4. The number of aromatic nitrogens is 1. The van der Waals surface area contributed by atoms with Crippen LogP contribution < -0.4 is 19.8 Å². The fourth-order valence-electron chi connectivity index (χ4n) is 6.04. The second-order valence-electron chi connectivity index (χ2n) is 10.9. The Morgan fingerprint density at radius 2 is 1.61 bits per heavy atom. The van der Waals surface area contributed by atoms with Crippen molar-refractivity contribution in [1.29, 1.82) is 0 Å². The van der Waals surface area contributed by atoms with E-state index in [0.717, 1.165) is 33.2 Å².